The molecule has 0 bridgehead atoms. The van der Waals surface area contributed by atoms with E-state index in [4.69, 9.17) is 5.73 Å². The van der Waals surface area contributed by atoms with Gasteiger partial charge in [0.2, 0.25) is 5.91 Å². The number of para-hydroxylation sites is 2. The third-order valence-corrected chi connectivity index (χ3v) is 2.74. The van der Waals surface area contributed by atoms with Gasteiger partial charge in [-0.25, -0.2) is 0 Å². The molecule has 1 amide bonds. The van der Waals surface area contributed by atoms with Crippen LogP contribution in [0, 0.1) is 0 Å². The number of nitrogens with zero attached hydrogens (tertiary/aromatic N) is 1. The number of nitrogens with one attached hydrogen (secondary N) is 1. The summed E-state index contributed by atoms with van der Waals surface area (Å²) in [6, 6.07) is 7.91. The van der Waals surface area contributed by atoms with E-state index >= 15 is 0 Å². The summed E-state index contributed by atoms with van der Waals surface area (Å²) in [5.41, 5.74) is 7.50. The Morgan fingerprint density at radius 1 is 1.38 bits per heavy atom. The zero-order chi connectivity index (χ0) is 11.4. The van der Waals surface area contributed by atoms with Crippen molar-refractivity contribution in [3.63, 3.8) is 0 Å². The topological polar surface area (TPSA) is 58.4 Å². The third-order valence-electron chi connectivity index (χ3n) is 2.74. The van der Waals surface area contributed by atoms with Crippen LogP contribution in [0.3, 0.4) is 0 Å². The van der Waals surface area contributed by atoms with Crippen LogP contribution in [0.2, 0.25) is 0 Å². The fourth-order valence-electron chi connectivity index (χ4n) is 1.93. The first-order valence-electron chi connectivity index (χ1n) is 5.66. The summed E-state index contributed by atoms with van der Waals surface area (Å²) in [6.45, 7) is 2.02. The lowest BCUT2D eigenvalue weighted by Gasteiger charge is -2.22. The SMILES string of the molecule is NCCCN1C(=O)CCNc2ccccc21. The lowest BCUT2D eigenvalue weighted by Crippen LogP contribution is -2.32. The average Bonchev–Trinajstić information content (AvgIpc) is 2.46. The summed E-state index contributed by atoms with van der Waals surface area (Å²) in [6.07, 6.45) is 1.37. The number of fused-ring (bicyclic) bond motifs is 1. The highest BCUT2D eigenvalue weighted by atomic mass is 16.2. The summed E-state index contributed by atoms with van der Waals surface area (Å²) >= 11 is 0. The van der Waals surface area contributed by atoms with Crippen molar-refractivity contribution in [2.45, 2.75) is 12.8 Å². The quantitative estimate of drug-likeness (QED) is 0.802. The molecule has 4 nitrogen and oxygen atoms in total. The van der Waals surface area contributed by atoms with Crippen molar-refractivity contribution in [2.24, 2.45) is 5.73 Å². The molecule has 1 aromatic carbocycles. The summed E-state index contributed by atoms with van der Waals surface area (Å²) in [5, 5.41) is 3.27. The van der Waals surface area contributed by atoms with Crippen LogP contribution in [0.25, 0.3) is 0 Å². The molecular weight excluding hydrogens is 202 g/mol. The highest BCUT2D eigenvalue weighted by molar-refractivity contribution is 5.98. The van der Waals surface area contributed by atoms with E-state index in [-0.39, 0.29) is 5.91 Å². The second-order valence-electron chi connectivity index (χ2n) is 3.88. The molecule has 1 heterocycles. The van der Waals surface area contributed by atoms with Crippen molar-refractivity contribution < 1.29 is 4.79 Å². The maximum absolute atomic E-state index is 11.9. The van der Waals surface area contributed by atoms with Crippen LogP contribution in [0.15, 0.2) is 24.3 Å². The molecule has 2 rings (SSSR count). The van der Waals surface area contributed by atoms with E-state index in [0.717, 1.165) is 17.8 Å². The summed E-state index contributed by atoms with van der Waals surface area (Å²) in [4.78, 5) is 13.8. The number of hydrogen-bond donors (Lipinski definition) is 2. The fraction of sp³-hybridized carbons (Fsp3) is 0.417. The molecule has 0 aliphatic carbocycles. The molecule has 0 aromatic heterocycles. The van der Waals surface area contributed by atoms with Gasteiger partial charge in [-0.2, -0.15) is 0 Å². The molecule has 3 N–H and O–H groups in total. The zero-order valence-corrected chi connectivity index (χ0v) is 9.28. The lowest BCUT2D eigenvalue weighted by atomic mass is 10.2. The molecule has 4 heteroatoms. The standard InChI is InChI=1S/C12H17N3O/c13-7-3-9-15-11-5-2-1-4-10(11)14-8-6-12(15)16/h1-2,4-5,14H,3,6-9,13H2. The predicted octanol–water partition coefficient (Wildman–Crippen LogP) is 1.18. The van der Waals surface area contributed by atoms with E-state index in [2.05, 4.69) is 5.32 Å². The summed E-state index contributed by atoms with van der Waals surface area (Å²) < 4.78 is 0. The van der Waals surface area contributed by atoms with Gasteiger partial charge in [-0.1, -0.05) is 12.1 Å². The minimum atomic E-state index is 0.172. The van der Waals surface area contributed by atoms with E-state index in [1.807, 2.05) is 29.2 Å². The number of benzene rings is 1. The molecule has 16 heavy (non-hydrogen) atoms. The molecule has 0 saturated heterocycles. The second kappa shape index (κ2) is 4.99. The summed E-state index contributed by atoms with van der Waals surface area (Å²) in [5.74, 6) is 0.172. The Morgan fingerprint density at radius 2 is 2.19 bits per heavy atom. The minimum absolute atomic E-state index is 0.172. The van der Waals surface area contributed by atoms with Gasteiger partial charge in [-0.15, -0.1) is 0 Å². The largest absolute Gasteiger partial charge is 0.383 e. The van der Waals surface area contributed by atoms with Gasteiger partial charge < -0.3 is 16.0 Å². The zero-order valence-electron chi connectivity index (χ0n) is 9.28. The second-order valence-corrected chi connectivity index (χ2v) is 3.88. The van der Waals surface area contributed by atoms with Crippen molar-refractivity contribution in [1.29, 1.82) is 0 Å². The van der Waals surface area contributed by atoms with Gasteiger partial charge in [0.05, 0.1) is 11.4 Å². The van der Waals surface area contributed by atoms with Crippen molar-refractivity contribution in [3.8, 4) is 0 Å². The molecule has 0 fully saturated rings. The Labute approximate surface area is 95.4 Å². The molecule has 86 valence electrons. The first-order valence-corrected chi connectivity index (χ1v) is 5.66. The van der Waals surface area contributed by atoms with Crippen LogP contribution in [-0.2, 0) is 4.79 Å². The van der Waals surface area contributed by atoms with Crippen LogP contribution in [0.5, 0.6) is 0 Å². The van der Waals surface area contributed by atoms with Crippen LogP contribution in [0.1, 0.15) is 12.8 Å². The first-order chi connectivity index (χ1) is 7.83. The van der Waals surface area contributed by atoms with E-state index in [0.29, 0.717) is 26.1 Å². The normalized spacial score (nSPS) is 15.3. The van der Waals surface area contributed by atoms with Gasteiger partial charge in [-0.3, -0.25) is 4.79 Å². The molecule has 1 aliphatic rings. The Hall–Kier alpha value is -1.55. The number of carbonyl (C=O) groups is 1. The summed E-state index contributed by atoms with van der Waals surface area (Å²) in [7, 11) is 0. The maximum Gasteiger partial charge on any atom is 0.228 e. The highest BCUT2D eigenvalue weighted by Crippen LogP contribution is 2.28. The number of amides is 1. The first kappa shape index (κ1) is 11.0. The van der Waals surface area contributed by atoms with E-state index < -0.39 is 0 Å². The van der Waals surface area contributed by atoms with Crippen molar-refractivity contribution >= 4 is 17.3 Å². The smallest absolute Gasteiger partial charge is 0.228 e. The molecule has 0 unspecified atom stereocenters. The number of rotatable bonds is 3. The predicted molar refractivity (Wildman–Crippen MR) is 65.6 cm³/mol. The van der Waals surface area contributed by atoms with Gasteiger partial charge >= 0.3 is 0 Å². The average molecular weight is 219 g/mol. The fourth-order valence-corrected chi connectivity index (χ4v) is 1.93. The Kier molecular flexibility index (Phi) is 3.41. The monoisotopic (exact) mass is 219 g/mol. The van der Waals surface area contributed by atoms with Crippen LogP contribution in [0.4, 0.5) is 11.4 Å². The Bertz CT molecular complexity index is 378. The highest BCUT2D eigenvalue weighted by Gasteiger charge is 2.20. The van der Waals surface area contributed by atoms with Crippen LogP contribution >= 0.6 is 0 Å². The number of carbonyl (C=O) groups excluding carboxylic acids is 1. The molecule has 0 atom stereocenters. The maximum atomic E-state index is 11.9. The Morgan fingerprint density at radius 3 is 3.00 bits per heavy atom. The van der Waals surface area contributed by atoms with Crippen LogP contribution in [-0.4, -0.2) is 25.5 Å². The van der Waals surface area contributed by atoms with Gasteiger partial charge in [0.15, 0.2) is 0 Å². The van der Waals surface area contributed by atoms with Gasteiger partial charge in [-0.05, 0) is 25.1 Å². The molecule has 0 spiro atoms. The number of nitrogens with two attached hydrogens (primary N) is 1. The third kappa shape index (κ3) is 2.17. The van der Waals surface area contributed by atoms with E-state index in [1.54, 1.807) is 0 Å². The lowest BCUT2D eigenvalue weighted by molar-refractivity contribution is -0.118. The van der Waals surface area contributed by atoms with E-state index in [1.165, 1.54) is 0 Å². The van der Waals surface area contributed by atoms with Gasteiger partial charge in [0, 0.05) is 19.5 Å². The van der Waals surface area contributed by atoms with Crippen molar-refractivity contribution in [3.05, 3.63) is 24.3 Å². The molecular formula is C12H17N3O. The molecule has 1 aliphatic heterocycles. The van der Waals surface area contributed by atoms with Crippen molar-refractivity contribution in [2.75, 3.05) is 29.9 Å². The minimum Gasteiger partial charge on any atom is -0.383 e. The molecule has 0 radical (unpaired) electrons. The van der Waals surface area contributed by atoms with Crippen molar-refractivity contribution in [1.82, 2.24) is 0 Å². The van der Waals surface area contributed by atoms with E-state index in [9.17, 15) is 4.79 Å². The molecule has 0 saturated carbocycles. The van der Waals surface area contributed by atoms with Gasteiger partial charge in [0.1, 0.15) is 0 Å². The van der Waals surface area contributed by atoms with Crippen LogP contribution < -0.4 is 16.0 Å². The molecule has 1 aromatic rings. The number of anilines is 2. The van der Waals surface area contributed by atoms with Gasteiger partial charge in [0.25, 0.3) is 0 Å². The Balaban J connectivity index is 2.28. The number of hydrogen-bond acceptors (Lipinski definition) is 3.